The number of fused-ring (bicyclic) bond motifs is 3. The molecule has 0 fully saturated rings. The number of ether oxygens (including phenoxy) is 1. The standard InChI is InChI=1S/C13H11N3O3/c1-2-19-13(18)11-10(17)7-14-12-8-5-3-4-6-9(8)15-16(11)12/h3-7,17H,2H2,1H3. The van der Waals surface area contributed by atoms with E-state index in [9.17, 15) is 9.90 Å². The normalized spacial score (nSPS) is 11.0. The van der Waals surface area contributed by atoms with Gasteiger partial charge in [-0.05, 0) is 19.1 Å². The van der Waals surface area contributed by atoms with Crippen LogP contribution in [0.3, 0.4) is 0 Å². The molecule has 6 heteroatoms. The number of carbonyl (C=O) groups excluding carboxylic acids is 1. The van der Waals surface area contributed by atoms with Gasteiger partial charge in [0.05, 0.1) is 18.3 Å². The van der Waals surface area contributed by atoms with Crippen LogP contribution < -0.4 is 0 Å². The van der Waals surface area contributed by atoms with E-state index in [-0.39, 0.29) is 18.1 Å². The third-order valence-electron chi connectivity index (χ3n) is 2.79. The number of nitrogens with zero attached hydrogens (tertiary/aromatic N) is 3. The monoisotopic (exact) mass is 257 g/mol. The fourth-order valence-corrected chi connectivity index (χ4v) is 1.98. The first kappa shape index (κ1) is 11.5. The van der Waals surface area contributed by atoms with Crippen LogP contribution in [0.4, 0.5) is 0 Å². The van der Waals surface area contributed by atoms with Crippen molar-refractivity contribution in [2.24, 2.45) is 0 Å². The predicted octanol–water partition coefficient (Wildman–Crippen LogP) is 1.76. The molecule has 0 saturated heterocycles. The van der Waals surface area contributed by atoms with Gasteiger partial charge in [-0.3, -0.25) is 0 Å². The van der Waals surface area contributed by atoms with Gasteiger partial charge in [0.1, 0.15) is 0 Å². The Morgan fingerprint density at radius 1 is 1.42 bits per heavy atom. The second-order valence-electron chi connectivity index (χ2n) is 3.97. The zero-order chi connectivity index (χ0) is 13.4. The highest BCUT2D eigenvalue weighted by atomic mass is 16.5. The van der Waals surface area contributed by atoms with E-state index >= 15 is 0 Å². The SMILES string of the molecule is CCOC(=O)c1c(O)cnc2c3ccccc3nn12. The number of benzene rings is 1. The average Bonchev–Trinajstić information content (AvgIpc) is 2.76. The molecular formula is C13H11N3O3. The lowest BCUT2D eigenvalue weighted by molar-refractivity contribution is 0.0512. The Morgan fingerprint density at radius 3 is 3.00 bits per heavy atom. The molecule has 0 unspecified atom stereocenters. The molecule has 3 rings (SSSR count). The van der Waals surface area contributed by atoms with E-state index in [0.717, 1.165) is 5.39 Å². The fourth-order valence-electron chi connectivity index (χ4n) is 1.98. The largest absolute Gasteiger partial charge is 0.504 e. The van der Waals surface area contributed by atoms with Crippen LogP contribution in [0.15, 0.2) is 30.5 Å². The second-order valence-corrected chi connectivity index (χ2v) is 3.97. The van der Waals surface area contributed by atoms with Crippen LogP contribution in [0.1, 0.15) is 17.4 Å². The predicted molar refractivity (Wildman–Crippen MR) is 68.1 cm³/mol. The van der Waals surface area contributed by atoms with E-state index in [1.165, 1.54) is 10.7 Å². The molecule has 96 valence electrons. The highest BCUT2D eigenvalue weighted by Crippen LogP contribution is 2.23. The van der Waals surface area contributed by atoms with Crippen molar-refractivity contribution in [2.45, 2.75) is 6.92 Å². The summed E-state index contributed by atoms with van der Waals surface area (Å²) in [4.78, 5) is 16.0. The van der Waals surface area contributed by atoms with Gasteiger partial charge in [-0.15, -0.1) is 0 Å². The average molecular weight is 257 g/mol. The number of esters is 1. The molecular weight excluding hydrogens is 246 g/mol. The summed E-state index contributed by atoms with van der Waals surface area (Å²) < 4.78 is 6.24. The number of aromatic nitrogens is 3. The van der Waals surface area contributed by atoms with Gasteiger partial charge in [-0.2, -0.15) is 5.10 Å². The van der Waals surface area contributed by atoms with Crippen LogP contribution in [0, 0.1) is 0 Å². The van der Waals surface area contributed by atoms with E-state index in [1.54, 1.807) is 6.92 Å². The summed E-state index contributed by atoms with van der Waals surface area (Å²) in [6, 6.07) is 7.38. The Bertz CT molecular complexity index is 779. The summed E-state index contributed by atoms with van der Waals surface area (Å²) in [7, 11) is 0. The van der Waals surface area contributed by atoms with Gasteiger partial charge >= 0.3 is 5.97 Å². The first-order valence-corrected chi connectivity index (χ1v) is 5.85. The van der Waals surface area contributed by atoms with Crippen molar-refractivity contribution < 1.29 is 14.6 Å². The van der Waals surface area contributed by atoms with Gasteiger partial charge in [-0.1, -0.05) is 12.1 Å². The molecule has 19 heavy (non-hydrogen) atoms. The molecule has 0 bridgehead atoms. The molecule has 6 nitrogen and oxygen atoms in total. The third kappa shape index (κ3) is 1.69. The minimum absolute atomic E-state index is 0.0111. The Morgan fingerprint density at radius 2 is 2.21 bits per heavy atom. The second kappa shape index (κ2) is 4.24. The Kier molecular flexibility index (Phi) is 2.56. The van der Waals surface area contributed by atoms with Crippen LogP contribution in [0.5, 0.6) is 5.75 Å². The van der Waals surface area contributed by atoms with Crippen molar-refractivity contribution in [3.63, 3.8) is 0 Å². The Labute approximate surface area is 108 Å². The summed E-state index contributed by atoms with van der Waals surface area (Å²) >= 11 is 0. The molecule has 0 atom stereocenters. The number of hydrogen-bond acceptors (Lipinski definition) is 5. The number of rotatable bonds is 2. The lowest BCUT2D eigenvalue weighted by Crippen LogP contribution is -2.12. The molecule has 1 N–H and O–H groups in total. The van der Waals surface area contributed by atoms with Gasteiger partial charge in [0.15, 0.2) is 17.1 Å². The molecule has 0 saturated carbocycles. The van der Waals surface area contributed by atoms with Gasteiger partial charge in [0.2, 0.25) is 0 Å². The van der Waals surface area contributed by atoms with Crippen molar-refractivity contribution in [3.8, 4) is 5.75 Å². The molecule has 0 aliphatic carbocycles. The molecule has 0 radical (unpaired) electrons. The van der Waals surface area contributed by atoms with Gasteiger partial charge in [0.25, 0.3) is 0 Å². The van der Waals surface area contributed by atoms with Crippen LogP contribution in [0.2, 0.25) is 0 Å². The summed E-state index contributed by atoms with van der Waals surface area (Å²) in [5.74, 6) is -0.876. The molecule has 0 aliphatic heterocycles. The summed E-state index contributed by atoms with van der Waals surface area (Å²) in [5.41, 5.74) is 1.20. The summed E-state index contributed by atoms with van der Waals surface area (Å²) in [5, 5.41) is 14.9. The molecule has 1 aromatic carbocycles. The van der Waals surface area contributed by atoms with Crippen LogP contribution in [-0.4, -0.2) is 32.3 Å². The van der Waals surface area contributed by atoms with Crippen LogP contribution >= 0.6 is 0 Å². The van der Waals surface area contributed by atoms with Gasteiger partial charge in [-0.25, -0.2) is 14.3 Å². The molecule has 2 heterocycles. The molecule has 0 spiro atoms. The Hall–Kier alpha value is -2.63. The Balaban J connectivity index is 2.36. The topological polar surface area (TPSA) is 76.7 Å². The van der Waals surface area contributed by atoms with Crippen LogP contribution in [-0.2, 0) is 4.74 Å². The van der Waals surface area contributed by atoms with E-state index in [4.69, 9.17) is 4.74 Å². The summed E-state index contributed by atoms with van der Waals surface area (Å²) in [6.45, 7) is 1.93. The number of hydrogen-bond donors (Lipinski definition) is 1. The van der Waals surface area contributed by atoms with E-state index in [2.05, 4.69) is 10.1 Å². The lowest BCUT2D eigenvalue weighted by atomic mass is 10.2. The van der Waals surface area contributed by atoms with Gasteiger partial charge in [0, 0.05) is 5.39 Å². The highest BCUT2D eigenvalue weighted by molar-refractivity contribution is 5.96. The zero-order valence-corrected chi connectivity index (χ0v) is 10.2. The van der Waals surface area contributed by atoms with E-state index < -0.39 is 5.97 Å². The van der Waals surface area contributed by atoms with Crippen molar-refractivity contribution in [1.29, 1.82) is 0 Å². The van der Waals surface area contributed by atoms with E-state index in [1.807, 2.05) is 24.3 Å². The smallest absolute Gasteiger partial charge is 0.361 e. The maximum absolute atomic E-state index is 11.9. The summed E-state index contributed by atoms with van der Waals surface area (Å²) in [6.07, 6.45) is 1.23. The maximum Gasteiger partial charge on any atom is 0.361 e. The molecule has 0 amide bonds. The number of aromatic hydroxyl groups is 1. The quantitative estimate of drug-likeness (QED) is 0.708. The lowest BCUT2D eigenvalue weighted by Gasteiger charge is -2.05. The first-order valence-electron chi connectivity index (χ1n) is 5.85. The fraction of sp³-hybridized carbons (Fsp3) is 0.154. The highest BCUT2D eigenvalue weighted by Gasteiger charge is 2.20. The minimum Gasteiger partial charge on any atom is -0.504 e. The van der Waals surface area contributed by atoms with Crippen molar-refractivity contribution in [2.75, 3.05) is 6.61 Å². The molecule has 0 aliphatic rings. The number of carbonyl (C=O) groups is 1. The zero-order valence-electron chi connectivity index (χ0n) is 10.2. The van der Waals surface area contributed by atoms with Crippen molar-refractivity contribution in [3.05, 3.63) is 36.2 Å². The first-order chi connectivity index (χ1) is 9.22. The minimum atomic E-state index is -0.625. The maximum atomic E-state index is 11.9. The molecule has 2 aromatic heterocycles. The van der Waals surface area contributed by atoms with Crippen LogP contribution in [0.25, 0.3) is 16.6 Å². The third-order valence-corrected chi connectivity index (χ3v) is 2.79. The molecule has 3 aromatic rings. The van der Waals surface area contributed by atoms with Crippen molar-refractivity contribution >= 4 is 22.5 Å². The van der Waals surface area contributed by atoms with Crippen molar-refractivity contribution in [1.82, 2.24) is 14.6 Å². The van der Waals surface area contributed by atoms with Gasteiger partial charge < -0.3 is 9.84 Å². The van der Waals surface area contributed by atoms with E-state index in [0.29, 0.717) is 11.2 Å².